The number of carbonyl (C=O) groups excluding carboxylic acids is 1. The maximum Gasteiger partial charge on any atom is 0.227 e. The molecule has 19 heavy (non-hydrogen) atoms. The number of nitrogens with one attached hydrogen (secondary N) is 1. The Labute approximate surface area is 129 Å². The maximum atomic E-state index is 12.5. The van der Waals surface area contributed by atoms with E-state index >= 15 is 0 Å². The van der Waals surface area contributed by atoms with Gasteiger partial charge in [0.2, 0.25) is 5.91 Å². The first kappa shape index (κ1) is 14.8. The Hall–Kier alpha value is -0.580. The molecule has 1 N–H and O–H groups in total. The number of benzene rings is 1. The fourth-order valence-electron chi connectivity index (χ4n) is 2.69. The van der Waals surface area contributed by atoms with Crippen LogP contribution in [0.2, 0.25) is 0 Å². The molecule has 0 radical (unpaired) electrons. The number of carbonyl (C=O) groups is 1. The summed E-state index contributed by atoms with van der Waals surface area (Å²) >= 11 is 2.35. The molecule has 1 aromatic rings. The monoisotopic (exact) mass is 371 g/mol. The van der Waals surface area contributed by atoms with Crippen molar-refractivity contribution in [3.63, 3.8) is 0 Å². The molecule has 1 aliphatic rings. The van der Waals surface area contributed by atoms with E-state index in [1.54, 1.807) is 0 Å². The zero-order valence-corrected chi connectivity index (χ0v) is 13.8. The molecule has 0 aliphatic heterocycles. The lowest BCUT2D eigenvalue weighted by Gasteiger charge is -2.28. The second-order valence-corrected chi connectivity index (χ2v) is 6.54. The summed E-state index contributed by atoms with van der Waals surface area (Å²) in [4.78, 5) is 12.5. The molecule has 2 nitrogen and oxygen atoms in total. The average molecular weight is 371 g/mol. The van der Waals surface area contributed by atoms with Crippen LogP contribution in [0.3, 0.4) is 0 Å². The highest BCUT2D eigenvalue weighted by Gasteiger charge is 2.27. The van der Waals surface area contributed by atoms with Gasteiger partial charge in [-0.2, -0.15) is 0 Å². The number of aryl methyl sites for hydroxylation is 1. The Morgan fingerprint density at radius 3 is 2.84 bits per heavy atom. The van der Waals surface area contributed by atoms with Crippen LogP contribution in [0.5, 0.6) is 0 Å². The van der Waals surface area contributed by atoms with Gasteiger partial charge in [-0.15, -0.1) is 0 Å². The largest absolute Gasteiger partial charge is 0.352 e. The third-order valence-corrected chi connectivity index (χ3v) is 4.93. The predicted molar refractivity (Wildman–Crippen MR) is 87.8 cm³/mol. The van der Waals surface area contributed by atoms with Crippen LogP contribution in [-0.4, -0.2) is 16.4 Å². The lowest BCUT2D eigenvalue weighted by atomic mass is 9.82. The molecule has 0 aromatic heterocycles. The summed E-state index contributed by atoms with van der Waals surface area (Å²) in [7, 11) is 0. The maximum absolute atomic E-state index is 12.5. The van der Waals surface area contributed by atoms with Gasteiger partial charge in [-0.25, -0.2) is 0 Å². The van der Waals surface area contributed by atoms with Crippen molar-refractivity contribution in [2.75, 3.05) is 4.43 Å². The van der Waals surface area contributed by atoms with Crippen molar-refractivity contribution in [1.82, 2.24) is 5.32 Å². The predicted octanol–water partition coefficient (Wildman–Crippen LogP) is 3.68. The van der Waals surface area contributed by atoms with Gasteiger partial charge in [0.25, 0.3) is 0 Å². The molecule has 2 unspecified atom stereocenters. The average Bonchev–Trinajstić information content (AvgIpc) is 2.43. The molecule has 0 bridgehead atoms. The van der Waals surface area contributed by atoms with Crippen LogP contribution in [0.15, 0.2) is 24.3 Å². The normalized spacial score (nSPS) is 19.9. The van der Waals surface area contributed by atoms with Crippen LogP contribution in [0.4, 0.5) is 0 Å². The second-order valence-electron chi connectivity index (χ2n) is 5.66. The molecular formula is C16H22INO. The number of amides is 1. The van der Waals surface area contributed by atoms with Crippen molar-refractivity contribution in [3.05, 3.63) is 35.4 Å². The Morgan fingerprint density at radius 2 is 2.16 bits per heavy atom. The number of halogens is 1. The zero-order chi connectivity index (χ0) is 13.8. The van der Waals surface area contributed by atoms with Crippen molar-refractivity contribution in [3.8, 4) is 0 Å². The van der Waals surface area contributed by atoms with Crippen molar-refractivity contribution in [2.24, 2.45) is 5.92 Å². The number of fused-ring (bicyclic) bond motifs is 1. The molecule has 0 saturated carbocycles. The van der Waals surface area contributed by atoms with Gasteiger partial charge in [0.1, 0.15) is 0 Å². The minimum Gasteiger partial charge on any atom is -0.352 e. The van der Waals surface area contributed by atoms with E-state index in [0.29, 0.717) is 5.92 Å². The van der Waals surface area contributed by atoms with Crippen LogP contribution in [0.1, 0.15) is 43.7 Å². The van der Waals surface area contributed by atoms with E-state index in [-0.39, 0.29) is 17.9 Å². The first-order valence-corrected chi connectivity index (χ1v) is 8.60. The topological polar surface area (TPSA) is 29.1 Å². The highest BCUT2D eigenvalue weighted by atomic mass is 127. The first-order valence-electron chi connectivity index (χ1n) is 7.07. The number of alkyl halides is 1. The Balaban J connectivity index is 2.12. The summed E-state index contributed by atoms with van der Waals surface area (Å²) in [5.74, 6) is 0.747. The standard InChI is InChI=1S/C16H22INO/c1-11(2)15(10-17)18-16(19)14-9-5-7-12-6-3-4-8-13(12)14/h3-4,6,8,11,14-15H,5,7,9-10H2,1-2H3,(H,18,19). The fraction of sp³-hybridized carbons (Fsp3) is 0.562. The smallest absolute Gasteiger partial charge is 0.227 e. The Morgan fingerprint density at radius 1 is 1.42 bits per heavy atom. The summed E-state index contributed by atoms with van der Waals surface area (Å²) in [5, 5.41) is 3.23. The van der Waals surface area contributed by atoms with Gasteiger partial charge in [0.15, 0.2) is 0 Å². The van der Waals surface area contributed by atoms with Gasteiger partial charge in [-0.1, -0.05) is 60.7 Å². The van der Waals surface area contributed by atoms with E-state index in [0.717, 1.165) is 23.7 Å². The Bertz CT molecular complexity index is 444. The minimum absolute atomic E-state index is 0.0501. The minimum atomic E-state index is 0.0501. The molecule has 2 atom stereocenters. The zero-order valence-electron chi connectivity index (χ0n) is 11.7. The van der Waals surface area contributed by atoms with Crippen molar-refractivity contribution >= 4 is 28.5 Å². The van der Waals surface area contributed by atoms with Crippen LogP contribution in [0, 0.1) is 5.92 Å². The van der Waals surface area contributed by atoms with Gasteiger partial charge in [0, 0.05) is 10.5 Å². The van der Waals surface area contributed by atoms with Crippen molar-refractivity contribution < 1.29 is 4.79 Å². The van der Waals surface area contributed by atoms with Crippen LogP contribution in [0.25, 0.3) is 0 Å². The molecule has 0 saturated heterocycles. The van der Waals surface area contributed by atoms with E-state index in [9.17, 15) is 4.79 Å². The molecular weight excluding hydrogens is 349 g/mol. The molecule has 1 aliphatic carbocycles. The van der Waals surface area contributed by atoms with E-state index in [2.05, 4.69) is 60.0 Å². The summed E-state index contributed by atoms with van der Waals surface area (Å²) < 4.78 is 0.968. The molecule has 0 fully saturated rings. The number of hydrogen-bond acceptors (Lipinski definition) is 1. The van der Waals surface area contributed by atoms with Crippen molar-refractivity contribution in [1.29, 1.82) is 0 Å². The quantitative estimate of drug-likeness (QED) is 0.635. The van der Waals surface area contributed by atoms with Crippen LogP contribution < -0.4 is 5.32 Å². The molecule has 0 spiro atoms. The molecule has 2 rings (SSSR count). The van der Waals surface area contributed by atoms with Gasteiger partial charge in [0.05, 0.1) is 5.92 Å². The summed E-state index contributed by atoms with van der Waals surface area (Å²) in [6.07, 6.45) is 3.21. The van der Waals surface area contributed by atoms with Crippen LogP contribution in [-0.2, 0) is 11.2 Å². The Kier molecular flexibility index (Phi) is 5.25. The first-order chi connectivity index (χ1) is 9.13. The summed E-state index contributed by atoms with van der Waals surface area (Å²) in [6, 6.07) is 8.67. The lowest BCUT2D eigenvalue weighted by Crippen LogP contribution is -2.42. The van der Waals surface area contributed by atoms with Gasteiger partial charge >= 0.3 is 0 Å². The molecule has 0 heterocycles. The van der Waals surface area contributed by atoms with Gasteiger partial charge in [-0.3, -0.25) is 4.79 Å². The second kappa shape index (κ2) is 6.73. The fourth-order valence-corrected chi connectivity index (χ4v) is 3.93. The number of hydrogen-bond donors (Lipinski definition) is 1. The SMILES string of the molecule is CC(C)C(CI)NC(=O)C1CCCc2ccccc21. The van der Waals surface area contributed by atoms with E-state index < -0.39 is 0 Å². The van der Waals surface area contributed by atoms with Crippen LogP contribution >= 0.6 is 22.6 Å². The van der Waals surface area contributed by atoms with Gasteiger partial charge in [-0.05, 0) is 36.3 Å². The molecule has 104 valence electrons. The third-order valence-electron chi connectivity index (χ3n) is 3.98. The van der Waals surface area contributed by atoms with Gasteiger partial charge < -0.3 is 5.32 Å². The van der Waals surface area contributed by atoms with E-state index in [1.165, 1.54) is 11.1 Å². The molecule has 3 heteroatoms. The molecule has 1 amide bonds. The summed E-state index contributed by atoms with van der Waals surface area (Å²) in [6.45, 7) is 4.33. The van der Waals surface area contributed by atoms with E-state index in [1.807, 2.05) is 6.07 Å². The number of rotatable bonds is 4. The highest BCUT2D eigenvalue weighted by Crippen LogP contribution is 2.31. The van der Waals surface area contributed by atoms with E-state index in [4.69, 9.17) is 0 Å². The summed E-state index contributed by atoms with van der Waals surface area (Å²) in [5.41, 5.74) is 2.59. The third kappa shape index (κ3) is 3.50. The highest BCUT2D eigenvalue weighted by molar-refractivity contribution is 14.1. The lowest BCUT2D eigenvalue weighted by molar-refractivity contribution is -0.123. The van der Waals surface area contributed by atoms with Crippen molar-refractivity contribution in [2.45, 2.75) is 45.1 Å². The molecule has 1 aromatic carbocycles.